The van der Waals surface area contributed by atoms with E-state index in [1.807, 2.05) is 12.1 Å². The van der Waals surface area contributed by atoms with Crippen LogP contribution >= 0.6 is 34.5 Å². The van der Waals surface area contributed by atoms with Gasteiger partial charge in [-0.2, -0.15) is 5.10 Å². The highest BCUT2D eigenvalue weighted by atomic mass is 35.5. The predicted molar refractivity (Wildman–Crippen MR) is 144 cm³/mol. The predicted octanol–water partition coefficient (Wildman–Crippen LogP) is 5.01. The summed E-state index contributed by atoms with van der Waals surface area (Å²) < 4.78 is 10.7. The number of ether oxygens (including phenoxy) is 2. The van der Waals surface area contributed by atoms with E-state index in [1.165, 1.54) is 25.6 Å². The Morgan fingerprint density at radius 2 is 1.75 bits per heavy atom. The number of anilines is 2. The molecule has 0 unspecified atom stereocenters. The second-order valence-corrected chi connectivity index (χ2v) is 10.1. The quantitative estimate of drug-likeness (QED) is 0.350. The smallest absolute Gasteiger partial charge is 0.267 e. The first-order valence-electron chi connectivity index (χ1n) is 11.2. The molecule has 1 fully saturated rings. The lowest BCUT2D eigenvalue weighted by Gasteiger charge is -2.32. The topological polar surface area (TPSA) is 95.6 Å². The van der Waals surface area contributed by atoms with Crippen LogP contribution in [0.15, 0.2) is 30.3 Å². The fraction of sp³-hybridized carbons (Fsp3) is 0.292. The van der Waals surface area contributed by atoms with Crippen molar-refractivity contribution < 1.29 is 14.3 Å². The van der Waals surface area contributed by atoms with Crippen LogP contribution in [0.3, 0.4) is 0 Å². The van der Waals surface area contributed by atoms with Gasteiger partial charge >= 0.3 is 0 Å². The number of nitrogens with one attached hydrogen (secondary N) is 2. The maximum atomic E-state index is 13.0. The Hall–Kier alpha value is -3.05. The molecule has 1 aromatic carbocycles. The molecule has 9 nitrogen and oxygen atoms in total. The Balaban J connectivity index is 1.39. The number of H-pyrrole nitrogens is 1. The van der Waals surface area contributed by atoms with Gasteiger partial charge in [-0.05, 0) is 31.3 Å². The average Bonchev–Trinajstić information content (AvgIpc) is 3.53. The maximum Gasteiger partial charge on any atom is 0.267 e. The van der Waals surface area contributed by atoms with E-state index in [0.29, 0.717) is 54.5 Å². The number of amides is 1. The van der Waals surface area contributed by atoms with Crippen molar-refractivity contribution in [2.75, 3.05) is 57.7 Å². The van der Waals surface area contributed by atoms with Crippen LogP contribution in [-0.2, 0) is 0 Å². The number of nitrogens with zero attached hydrogens (tertiary/aromatic N) is 4. The number of thiophene rings is 1. The molecule has 4 aromatic rings. The first-order valence-corrected chi connectivity index (χ1v) is 12.8. The molecule has 2 N–H and O–H groups in total. The molecular formula is C24H24Cl2N6O3S. The number of benzene rings is 1. The molecule has 0 aliphatic carbocycles. The van der Waals surface area contributed by atoms with Crippen LogP contribution in [-0.4, -0.2) is 73.4 Å². The molecule has 5 rings (SSSR count). The molecule has 1 saturated heterocycles. The number of halogens is 2. The molecule has 0 bridgehead atoms. The molecule has 3 aromatic heterocycles. The lowest BCUT2D eigenvalue weighted by atomic mass is 10.1. The number of aromatic nitrogens is 3. The maximum absolute atomic E-state index is 13.0. The molecule has 188 valence electrons. The van der Waals surface area contributed by atoms with Gasteiger partial charge in [0.1, 0.15) is 11.5 Å². The number of likely N-dealkylation sites (N-methyl/N-ethyl adjacent to an activating group) is 1. The summed E-state index contributed by atoms with van der Waals surface area (Å²) in [6.45, 7) is 3.91. The summed E-state index contributed by atoms with van der Waals surface area (Å²) in [6, 6.07) is 9.03. The van der Waals surface area contributed by atoms with Crippen LogP contribution < -0.4 is 19.7 Å². The first-order chi connectivity index (χ1) is 17.4. The minimum atomic E-state index is -0.221. The zero-order chi connectivity index (χ0) is 25.4. The van der Waals surface area contributed by atoms with Gasteiger partial charge in [0.05, 0.1) is 45.2 Å². The number of methoxy groups -OCH3 is 2. The minimum absolute atomic E-state index is 0.221. The fourth-order valence-corrected chi connectivity index (χ4v) is 5.71. The second-order valence-electron chi connectivity index (χ2n) is 8.33. The van der Waals surface area contributed by atoms with E-state index in [2.05, 4.69) is 37.3 Å². The summed E-state index contributed by atoms with van der Waals surface area (Å²) >= 11 is 14.6. The highest BCUT2D eigenvalue weighted by molar-refractivity contribution is 7.18. The molecule has 12 heteroatoms. The zero-order valence-corrected chi connectivity index (χ0v) is 22.2. The largest absolute Gasteiger partial charge is 0.495 e. The Bertz CT molecular complexity index is 1400. The van der Waals surface area contributed by atoms with E-state index in [0.717, 1.165) is 31.2 Å². The highest BCUT2D eigenvalue weighted by Gasteiger charge is 2.22. The van der Waals surface area contributed by atoms with Crippen molar-refractivity contribution in [2.24, 2.45) is 0 Å². The number of aromatic amines is 1. The molecule has 1 aliphatic heterocycles. The third-order valence-corrected chi connectivity index (χ3v) is 8.01. The molecule has 0 saturated carbocycles. The summed E-state index contributed by atoms with van der Waals surface area (Å²) in [4.78, 5) is 22.8. The molecule has 1 aliphatic rings. The molecule has 0 radical (unpaired) electrons. The first kappa shape index (κ1) is 24.6. The van der Waals surface area contributed by atoms with Gasteiger partial charge in [0, 0.05) is 37.8 Å². The number of hydrogen-bond acceptors (Lipinski definition) is 8. The van der Waals surface area contributed by atoms with Crippen molar-refractivity contribution in [1.29, 1.82) is 0 Å². The number of rotatable bonds is 6. The minimum Gasteiger partial charge on any atom is -0.495 e. The molecule has 4 heterocycles. The van der Waals surface area contributed by atoms with Gasteiger partial charge < -0.3 is 24.6 Å². The van der Waals surface area contributed by atoms with Gasteiger partial charge in [0.2, 0.25) is 0 Å². The van der Waals surface area contributed by atoms with Crippen molar-refractivity contribution in [3.8, 4) is 22.8 Å². The summed E-state index contributed by atoms with van der Waals surface area (Å²) in [7, 11) is 5.15. The van der Waals surface area contributed by atoms with E-state index in [-0.39, 0.29) is 5.91 Å². The number of hydrogen-bond donors (Lipinski definition) is 2. The standard InChI is InChI=1S/C24H24Cl2N6O3S/c1-31-8-10-32(11-9-31)18-7-6-17(36-18)24(33)28-23-13-4-5-14(27-22(13)29-30-23)19-20(25)15(34-2)12-16(35-3)21(19)26/h4-7,12H,8-11H2,1-3H3,(H2,27,28,29,30,33). The molecule has 1 amide bonds. The van der Waals surface area contributed by atoms with Gasteiger partial charge in [-0.15, -0.1) is 11.3 Å². The Morgan fingerprint density at radius 3 is 2.42 bits per heavy atom. The second kappa shape index (κ2) is 10.1. The third kappa shape index (κ3) is 4.57. The van der Waals surface area contributed by atoms with E-state index in [1.54, 1.807) is 18.2 Å². The highest BCUT2D eigenvalue weighted by Crippen LogP contribution is 2.45. The van der Waals surface area contributed by atoms with Gasteiger partial charge in [-0.25, -0.2) is 4.98 Å². The zero-order valence-electron chi connectivity index (χ0n) is 19.9. The lowest BCUT2D eigenvalue weighted by Crippen LogP contribution is -2.44. The molecule has 0 atom stereocenters. The Kier molecular flexibility index (Phi) is 6.94. The van der Waals surface area contributed by atoms with Gasteiger partial charge in [-0.1, -0.05) is 23.2 Å². The van der Waals surface area contributed by atoms with E-state index >= 15 is 0 Å². The van der Waals surface area contributed by atoms with Gasteiger partial charge in [0.25, 0.3) is 5.91 Å². The van der Waals surface area contributed by atoms with Crippen molar-refractivity contribution in [1.82, 2.24) is 20.1 Å². The van der Waals surface area contributed by atoms with Crippen molar-refractivity contribution >= 4 is 62.3 Å². The number of fused-ring (bicyclic) bond motifs is 1. The fourth-order valence-electron chi connectivity index (χ4n) is 4.07. The Morgan fingerprint density at radius 1 is 1.06 bits per heavy atom. The van der Waals surface area contributed by atoms with Crippen LogP contribution in [0.5, 0.6) is 11.5 Å². The SMILES string of the molecule is COc1cc(OC)c(Cl)c(-c2ccc3c(NC(=O)c4ccc(N5CCN(C)CC5)s4)n[nH]c3n2)c1Cl. The number of carbonyl (C=O) groups excluding carboxylic acids is 1. The van der Waals surface area contributed by atoms with Crippen molar-refractivity contribution in [2.45, 2.75) is 0 Å². The monoisotopic (exact) mass is 546 g/mol. The van der Waals surface area contributed by atoms with Crippen molar-refractivity contribution in [3.63, 3.8) is 0 Å². The lowest BCUT2D eigenvalue weighted by molar-refractivity contribution is 0.103. The van der Waals surface area contributed by atoms with E-state index < -0.39 is 0 Å². The summed E-state index contributed by atoms with van der Waals surface area (Å²) in [5, 5.41) is 12.4. The van der Waals surface area contributed by atoms with Crippen LogP contribution in [0.25, 0.3) is 22.3 Å². The van der Waals surface area contributed by atoms with Crippen LogP contribution in [0.4, 0.5) is 10.8 Å². The Labute approximate surface area is 221 Å². The molecular weight excluding hydrogens is 523 g/mol. The van der Waals surface area contributed by atoms with Crippen LogP contribution in [0, 0.1) is 0 Å². The summed E-state index contributed by atoms with van der Waals surface area (Å²) in [5.41, 5.74) is 1.46. The van der Waals surface area contributed by atoms with E-state index in [4.69, 9.17) is 32.7 Å². The number of piperazine rings is 1. The van der Waals surface area contributed by atoms with Gasteiger partial charge in [0.15, 0.2) is 11.5 Å². The van der Waals surface area contributed by atoms with E-state index in [9.17, 15) is 4.79 Å². The molecule has 36 heavy (non-hydrogen) atoms. The summed E-state index contributed by atoms with van der Waals surface area (Å²) in [6.07, 6.45) is 0. The number of carbonyl (C=O) groups is 1. The average molecular weight is 547 g/mol. The number of pyridine rings is 1. The summed E-state index contributed by atoms with van der Waals surface area (Å²) in [5.74, 6) is 1.00. The van der Waals surface area contributed by atoms with Gasteiger partial charge in [-0.3, -0.25) is 9.89 Å². The molecule has 0 spiro atoms. The normalized spacial score (nSPS) is 14.3. The van der Waals surface area contributed by atoms with Crippen LogP contribution in [0.1, 0.15) is 9.67 Å². The van der Waals surface area contributed by atoms with Crippen molar-refractivity contribution in [3.05, 3.63) is 45.3 Å². The third-order valence-electron chi connectivity index (χ3n) is 6.12. The van der Waals surface area contributed by atoms with Crippen LogP contribution in [0.2, 0.25) is 10.0 Å².